The van der Waals surface area contributed by atoms with Gasteiger partial charge in [0.2, 0.25) is 0 Å². The lowest BCUT2D eigenvalue weighted by atomic mass is 9.82. The van der Waals surface area contributed by atoms with Gasteiger partial charge in [-0.05, 0) is 40.8 Å². The zero-order valence-corrected chi connectivity index (χ0v) is 15.6. The van der Waals surface area contributed by atoms with Crippen molar-refractivity contribution >= 4 is 5.91 Å². The highest BCUT2D eigenvalue weighted by Crippen LogP contribution is 2.33. The van der Waals surface area contributed by atoms with Crippen LogP contribution in [0.4, 0.5) is 4.39 Å². The number of carbonyl (C=O) groups is 1. The Kier molecular flexibility index (Phi) is 5.96. The standard InChI is InChI=1S/C21H27FN2O/c1-21(2,3)19(16-9-7-11-18(22)13-16)23-14-15-8-6-10-17(12-15)20(25)24(4)5/h6-13,19,23H,14H2,1-5H3/t19-/m1/s1. The van der Waals surface area contributed by atoms with E-state index in [2.05, 4.69) is 26.1 Å². The van der Waals surface area contributed by atoms with Crippen molar-refractivity contribution in [3.05, 3.63) is 71.0 Å². The third kappa shape index (κ3) is 5.13. The van der Waals surface area contributed by atoms with Crippen molar-refractivity contribution < 1.29 is 9.18 Å². The van der Waals surface area contributed by atoms with E-state index < -0.39 is 0 Å². The van der Waals surface area contributed by atoms with E-state index in [0.717, 1.165) is 11.1 Å². The first kappa shape index (κ1) is 19.1. The molecule has 0 aliphatic heterocycles. The van der Waals surface area contributed by atoms with Crippen LogP contribution in [0.25, 0.3) is 0 Å². The SMILES string of the molecule is CN(C)C(=O)c1cccc(CN[C@H](c2cccc(F)c2)C(C)(C)C)c1. The van der Waals surface area contributed by atoms with Gasteiger partial charge in [-0.1, -0.05) is 45.0 Å². The summed E-state index contributed by atoms with van der Waals surface area (Å²) < 4.78 is 13.6. The summed E-state index contributed by atoms with van der Waals surface area (Å²) in [6.45, 7) is 6.98. The predicted octanol–water partition coefficient (Wildman–Crippen LogP) is 4.40. The molecule has 0 bridgehead atoms. The molecule has 3 nitrogen and oxygen atoms in total. The van der Waals surface area contributed by atoms with Crippen LogP contribution in [0.1, 0.15) is 48.3 Å². The van der Waals surface area contributed by atoms with Gasteiger partial charge in [0.25, 0.3) is 5.91 Å². The average Bonchev–Trinajstić information content (AvgIpc) is 2.53. The predicted molar refractivity (Wildman–Crippen MR) is 99.9 cm³/mol. The van der Waals surface area contributed by atoms with E-state index >= 15 is 0 Å². The van der Waals surface area contributed by atoms with Crippen molar-refractivity contribution in [2.24, 2.45) is 5.41 Å². The molecule has 1 atom stereocenters. The number of carbonyl (C=O) groups excluding carboxylic acids is 1. The van der Waals surface area contributed by atoms with Gasteiger partial charge in [0, 0.05) is 32.2 Å². The number of rotatable bonds is 5. The maximum absolute atomic E-state index is 13.6. The second kappa shape index (κ2) is 7.79. The number of benzene rings is 2. The van der Waals surface area contributed by atoms with Crippen molar-refractivity contribution in [3.63, 3.8) is 0 Å². The molecule has 0 aliphatic carbocycles. The van der Waals surface area contributed by atoms with Crippen LogP contribution in [-0.4, -0.2) is 24.9 Å². The Morgan fingerprint density at radius 2 is 1.80 bits per heavy atom. The number of hydrogen-bond donors (Lipinski definition) is 1. The molecule has 134 valence electrons. The zero-order chi connectivity index (χ0) is 18.6. The summed E-state index contributed by atoms with van der Waals surface area (Å²) in [5.74, 6) is -0.244. The maximum Gasteiger partial charge on any atom is 0.253 e. The lowest BCUT2D eigenvalue weighted by Gasteiger charge is -2.32. The van der Waals surface area contributed by atoms with Gasteiger partial charge in [0.05, 0.1) is 0 Å². The fourth-order valence-electron chi connectivity index (χ4n) is 2.90. The van der Waals surface area contributed by atoms with E-state index in [4.69, 9.17) is 0 Å². The summed E-state index contributed by atoms with van der Waals surface area (Å²) >= 11 is 0. The van der Waals surface area contributed by atoms with Gasteiger partial charge in [-0.3, -0.25) is 4.79 Å². The summed E-state index contributed by atoms with van der Waals surface area (Å²) in [6, 6.07) is 14.3. The molecule has 0 heterocycles. The van der Waals surface area contributed by atoms with E-state index in [0.29, 0.717) is 12.1 Å². The molecule has 0 spiro atoms. The number of amides is 1. The Morgan fingerprint density at radius 1 is 1.12 bits per heavy atom. The zero-order valence-electron chi connectivity index (χ0n) is 15.6. The van der Waals surface area contributed by atoms with Gasteiger partial charge in [0.15, 0.2) is 0 Å². The van der Waals surface area contributed by atoms with Crippen LogP contribution in [0.3, 0.4) is 0 Å². The molecule has 0 saturated carbocycles. The fraction of sp³-hybridized carbons (Fsp3) is 0.381. The Hall–Kier alpha value is -2.20. The van der Waals surface area contributed by atoms with Gasteiger partial charge >= 0.3 is 0 Å². The molecule has 4 heteroatoms. The Morgan fingerprint density at radius 3 is 2.40 bits per heavy atom. The average molecular weight is 342 g/mol. The molecule has 1 amide bonds. The molecule has 2 aromatic carbocycles. The molecule has 0 unspecified atom stereocenters. The molecule has 25 heavy (non-hydrogen) atoms. The molecule has 0 fully saturated rings. The minimum Gasteiger partial charge on any atom is -0.345 e. The third-order valence-corrected chi connectivity index (χ3v) is 4.14. The Balaban J connectivity index is 2.19. The largest absolute Gasteiger partial charge is 0.345 e. The van der Waals surface area contributed by atoms with Crippen LogP contribution in [0.15, 0.2) is 48.5 Å². The second-order valence-corrected chi connectivity index (χ2v) is 7.63. The molecule has 0 saturated heterocycles. The van der Waals surface area contributed by atoms with Crippen molar-refractivity contribution in [1.82, 2.24) is 10.2 Å². The molecular formula is C21H27FN2O. The molecule has 1 N–H and O–H groups in total. The van der Waals surface area contributed by atoms with Crippen molar-refractivity contribution in [2.45, 2.75) is 33.4 Å². The van der Waals surface area contributed by atoms with Crippen LogP contribution in [-0.2, 0) is 6.54 Å². The fourth-order valence-corrected chi connectivity index (χ4v) is 2.90. The number of halogens is 1. The van der Waals surface area contributed by atoms with Gasteiger partial charge in [-0.2, -0.15) is 0 Å². The first-order chi connectivity index (χ1) is 11.7. The highest BCUT2D eigenvalue weighted by atomic mass is 19.1. The molecule has 0 radical (unpaired) electrons. The van der Waals surface area contributed by atoms with Crippen molar-refractivity contribution in [2.75, 3.05) is 14.1 Å². The first-order valence-corrected chi connectivity index (χ1v) is 8.48. The second-order valence-electron chi connectivity index (χ2n) is 7.63. The van der Waals surface area contributed by atoms with Gasteiger partial charge in [-0.25, -0.2) is 4.39 Å². The molecule has 0 aromatic heterocycles. The highest BCUT2D eigenvalue weighted by molar-refractivity contribution is 5.94. The third-order valence-electron chi connectivity index (χ3n) is 4.14. The Bertz CT molecular complexity index is 735. The van der Waals surface area contributed by atoms with Crippen LogP contribution in [0, 0.1) is 11.2 Å². The van der Waals surface area contributed by atoms with E-state index in [9.17, 15) is 9.18 Å². The summed E-state index contributed by atoms with van der Waals surface area (Å²) in [6.07, 6.45) is 0. The van der Waals surface area contributed by atoms with Gasteiger partial charge in [0.1, 0.15) is 5.82 Å². The van der Waals surface area contributed by atoms with E-state index in [1.54, 1.807) is 31.1 Å². The van der Waals surface area contributed by atoms with Crippen LogP contribution in [0.5, 0.6) is 0 Å². The number of nitrogens with one attached hydrogen (secondary N) is 1. The quantitative estimate of drug-likeness (QED) is 0.873. The normalized spacial score (nSPS) is 12.7. The monoisotopic (exact) mass is 342 g/mol. The number of nitrogens with zero attached hydrogens (tertiary/aromatic N) is 1. The first-order valence-electron chi connectivity index (χ1n) is 8.48. The van der Waals surface area contributed by atoms with Crippen molar-refractivity contribution in [1.29, 1.82) is 0 Å². The van der Waals surface area contributed by atoms with Gasteiger partial charge in [-0.15, -0.1) is 0 Å². The number of hydrogen-bond acceptors (Lipinski definition) is 2. The molecule has 0 aliphatic rings. The van der Waals surface area contributed by atoms with Crippen LogP contribution in [0.2, 0.25) is 0 Å². The minimum atomic E-state index is -0.230. The van der Waals surface area contributed by atoms with E-state index in [1.807, 2.05) is 30.3 Å². The molecular weight excluding hydrogens is 315 g/mol. The lowest BCUT2D eigenvalue weighted by molar-refractivity contribution is 0.0827. The van der Waals surface area contributed by atoms with E-state index in [1.165, 1.54) is 6.07 Å². The summed E-state index contributed by atoms with van der Waals surface area (Å²) in [5.41, 5.74) is 2.54. The van der Waals surface area contributed by atoms with Gasteiger partial charge < -0.3 is 10.2 Å². The molecule has 2 rings (SSSR count). The highest BCUT2D eigenvalue weighted by Gasteiger charge is 2.26. The smallest absolute Gasteiger partial charge is 0.253 e. The van der Waals surface area contributed by atoms with Crippen molar-refractivity contribution in [3.8, 4) is 0 Å². The lowest BCUT2D eigenvalue weighted by Crippen LogP contribution is -2.32. The summed E-state index contributed by atoms with van der Waals surface area (Å²) in [7, 11) is 3.49. The van der Waals surface area contributed by atoms with E-state index in [-0.39, 0.29) is 23.2 Å². The topological polar surface area (TPSA) is 32.3 Å². The van der Waals surface area contributed by atoms with Crippen LogP contribution < -0.4 is 5.32 Å². The molecule has 2 aromatic rings. The van der Waals surface area contributed by atoms with Crippen LogP contribution >= 0.6 is 0 Å². The minimum absolute atomic E-state index is 0.00333. The summed E-state index contributed by atoms with van der Waals surface area (Å²) in [4.78, 5) is 13.7. The summed E-state index contributed by atoms with van der Waals surface area (Å²) in [5, 5.41) is 3.52. The maximum atomic E-state index is 13.6. The Labute approximate surface area is 149 Å².